The predicted octanol–water partition coefficient (Wildman–Crippen LogP) is 3.33. The third-order valence-corrected chi connectivity index (χ3v) is 2.99. The number of hydrogen-bond donors (Lipinski definition) is 1. The van der Waals surface area contributed by atoms with Crippen LogP contribution < -0.4 is 0 Å². The number of aryl methyl sites for hydroxylation is 1. The van der Waals surface area contributed by atoms with Gasteiger partial charge in [0, 0.05) is 6.20 Å². The predicted molar refractivity (Wildman–Crippen MR) is 78.6 cm³/mol. The molecule has 20 heavy (non-hydrogen) atoms. The van der Waals surface area contributed by atoms with Crippen molar-refractivity contribution >= 4 is 22.7 Å². The van der Waals surface area contributed by atoms with Crippen LogP contribution in [-0.2, 0) is 0 Å². The molecule has 1 aromatic carbocycles. The molecule has 3 aromatic rings. The van der Waals surface area contributed by atoms with Crippen molar-refractivity contribution in [1.29, 1.82) is 5.26 Å². The first kappa shape index (κ1) is 12.1. The zero-order valence-electron chi connectivity index (χ0n) is 11.0. The molecule has 96 valence electrons. The molecule has 0 aliphatic carbocycles. The van der Waals surface area contributed by atoms with Gasteiger partial charge >= 0.3 is 0 Å². The summed E-state index contributed by atoms with van der Waals surface area (Å²) in [6.45, 7) is 2.02. The topological polar surface area (TPSA) is 65.4 Å². The van der Waals surface area contributed by atoms with Crippen molar-refractivity contribution in [3.05, 3.63) is 59.7 Å². The van der Waals surface area contributed by atoms with Crippen LogP contribution in [-0.4, -0.2) is 15.0 Å². The van der Waals surface area contributed by atoms with Gasteiger partial charge in [0.25, 0.3) is 0 Å². The summed E-state index contributed by atoms with van der Waals surface area (Å²) in [5.41, 5.74) is 4.15. The number of hydrogen-bond acceptors (Lipinski definition) is 3. The second kappa shape index (κ2) is 4.98. The Labute approximate surface area is 116 Å². The maximum absolute atomic E-state index is 9.31. The fourth-order valence-corrected chi connectivity index (χ4v) is 2.01. The molecule has 0 radical (unpaired) electrons. The summed E-state index contributed by atoms with van der Waals surface area (Å²) in [7, 11) is 0. The van der Waals surface area contributed by atoms with Gasteiger partial charge < -0.3 is 4.98 Å². The van der Waals surface area contributed by atoms with Gasteiger partial charge in [-0.3, -0.25) is 4.98 Å². The standard InChI is InChI=1S/C16H12N4/c1-11-5-6-14-15(8-11)20-16(19-14)12(10-17)9-13-4-2-3-7-18-13/h2-9H,1H3,(H,19,20)/b12-9-. The molecule has 0 amide bonds. The monoisotopic (exact) mass is 260 g/mol. The molecule has 2 heterocycles. The minimum atomic E-state index is 0.470. The van der Waals surface area contributed by atoms with Crippen LogP contribution in [0.15, 0.2) is 42.6 Å². The summed E-state index contributed by atoms with van der Waals surface area (Å²) in [5.74, 6) is 0.568. The van der Waals surface area contributed by atoms with Crippen molar-refractivity contribution in [2.45, 2.75) is 6.92 Å². The van der Waals surface area contributed by atoms with Crippen LogP contribution in [0.5, 0.6) is 0 Å². The molecule has 1 N–H and O–H groups in total. The number of nitrogens with zero attached hydrogens (tertiary/aromatic N) is 3. The van der Waals surface area contributed by atoms with Crippen molar-refractivity contribution in [3.63, 3.8) is 0 Å². The Morgan fingerprint density at radius 2 is 2.20 bits per heavy atom. The van der Waals surface area contributed by atoms with E-state index in [4.69, 9.17) is 0 Å². The summed E-state index contributed by atoms with van der Waals surface area (Å²) in [5, 5.41) is 9.31. The largest absolute Gasteiger partial charge is 0.337 e. The maximum atomic E-state index is 9.31. The summed E-state index contributed by atoms with van der Waals surface area (Å²) >= 11 is 0. The van der Waals surface area contributed by atoms with E-state index in [0.29, 0.717) is 11.4 Å². The lowest BCUT2D eigenvalue weighted by Crippen LogP contribution is -1.86. The molecule has 2 aromatic heterocycles. The van der Waals surface area contributed by atoms with E-state index < -0.39 is 0 Å². The molecule has 0 spiro atoms. The lowest BCUT2D eigenvalue weighted by Gasteiger charge is -1.94. The van der Waals surface area contributed by atoms with Gasteiger partial charge in [0.15, 0.2) is 0 Å². The van der Waals surface area contributed by atoms with Crippen LogP contribution in [0.2, 0.25) is 0 Å². The number of aromatic nitrogens is 3. The van der Waals surface area contributed by atoms with Crippen LogP contribution in [0.3, 0.4) is 0 Å². The van der Waals surface area contributed by atoms with E-state index in [2.05, 4.69) is 21.0 Å². The van der Waals surface area contributed by atoms with Crippen LogP contribution >= 0.6 is 0 Å². The van der Waals surface area contributed by atoms with Crippen LogP contribution in [0, 0.1) is 18.3 Å². The minimum Gasteiger partial charge on any atom is -0.337 e. The minimum absolute atomic E-state index is 0.470. The van der Waals surface area contributed by atoms with Gasteiger partial charge in [0.05, 0.1) is 22.3 Å². The van der Waals surface area contributed by atoms with Crippen molar-refractivity contribution in [1.82, 2.24) is 15.0 Å². The van der Waals surface area contributed by atoms with Gasteiger partial charge in [-0.15, -0.1) is 0 Å². The number of benzene rings is 1. The number of pyridine rings is 1. The van der Waals surface area contributed by atoms with Gasteiger partial charge in [-0.05, 0) is 42.8 Å². The molecule has 0 saturated heterocycles. The van der Waals surface area contributed by atoms with Gasteiger partial charge in [-0.25, -0.2) is 4.98 Å². The Kier molecular flexibility index (Phi) is 3.02. The van der Waals surface area contributed by atoms with Crippen LogP contribution in [0.4, 0.5) is 0 Å². The number of imidazole rings is 1. The summed E-state index contributed by atoms with van der Waals surface area (Å²) < 4.78 is 0. The first-order valence-electron chi connectivity index (χ1n) is 6.26. The van der Waals surface area contributed by atoms with Crippen LogP contribution in [0.1, 0.15) is 17.1 Å². The van der Waals surface area contributed by atoms with Gasteiger partial charge in [-0.1, -0.05) is 12.1 Å². The highest BCUT2D eigenvalue weighted by Gasteiger charge is 2.08. The normalized spacial score (nSPS) is 11.5. The van der Waals surface area contributed by atoms with Gasteiger partial charge in [-0.2, -0.15) is 5.26 Å². The third kappa shape index (κ3) is 2.29. The molecule has 4 nitrogen and oxygen atoms in total. The molecule has 0 unspecified atom stereocenters. The Morgan fingerprint density at radius 1 is 1.30 bits per heavy atom. The highest BCUT2D eigenvalue weighted by atomic mass is 14.9. The summed E-state index contributed by atoms with van der Waals surface area (Å²) in [6.07, 6.45) is 3.42. The quantitative estimate of drug-likeness (QED) is 0.719. The molecular formula is C16H12N4. The molecule has 0 atom stereocenters. The molecule has 3 rings (SSSR count). The average molecular weight is 260 g/mol. The number of aromatic amines is 1. The highest BCUT2D eigenvalue weighted by molar-refractivity contribution is 5.89. The number of H-pyrrole nitrogens is 1. The fourth-order valence-electron chi connectivity index (χ4n) is 2.01. The van der Waals surface area contributed by atoms with E-state index in [1.807, 2.05) is 43.3 Å². The maximum Gasteiger partial charge on any atom is 0.149 e. The number of fused-ring (bicyclic) bond motifs is 1. The lowest BCUT2D eigenvalue weighted by atomic mass is 10.2. The number of allylic oxidation sites excluding steroid dienone is 1. The molecule has 0 aliphatic rings. The Balaban J connectivity index is 2.08. The van der Waals surface area contributed by atoms with E-state index in [1.54, 1.807) is 12.3 Å². The van der Waals surface area contributed by atoms with Crippen molar-refractivity contribution in [2.75, 3.05) is 0 Å². The smallest absolute Gasteiger partial charge is 0.149 e. The van der Waals surface area contributed by atoms with E-state index in [9.17, 15) is 5.26 Å². The lowest BCUT2D eigenvalue weighted by molar-refractivity contribution is 1.26. The second-order valence-corrected chi connectivity index (χ2v) is 4.53. The molecular weight excluding hydrogens is 248 g/mol. The Bertz CT molecular complexity index is 823. The Morgan fingerprint density at radius 3 is 2.95 bits per heavy atom. The first-order valence-corrected chi connectivity index (χ1v) is 6.26. The van der Waals surface area contributed by atoms with Gasteiger partial charge in [0.2, 0.25) is 0 Å². The van der Waals surface area contributed by atoms with Crippen LogP contribution in [0.25, 0.3) is 22.7 Å². The Hall–Kier alpha value is -2.93. The van der Waals surface area contributed by atoms with E-state index in [1.165, 1.54) is 0 Å². The summed E-state index contributed by atoms with van der Waals surface area (Å²) in [6, 6.07) is 13.7. The van der Waals surface area contributed by atoms with Gasteiger partial charge in [0.1, 0.15) is 11.9 Å². The molecule has 0 saturated carbocycles. The van der Waals surface area contributed by atoms with Crippen molar-refractivity contribution in [2.24, 2.45) is 0 Å². The molecule has 0 bridgehead atoms. The van der Waals surface area contributed by atoms with Crippen molar-refractivity contribution < 1.29 is 0 Å². The first-order chi connectivity index (χ1) is 9.76. The van der Waals surface area contributed by atoms with E-state index >= 15 is 0 Å². The molecule has 4 heteroatoms. The van der Waals surface area contributed by atoms with E-state index in [0.717, 1.165) is 22.3 Å². The SMILES string of the molecule is Cc1ccc2nc(/C(C#N)=C\c3ccccn3)[nH]c2c1. The zero-order valence-corrected chi connectivity index (χ0v) is 11.0. The molecule has 0 aliphatic heterocycles. The van der Waals surface area contributed by atoms with Crippen molar-refractivity contribution in [3.8, 4) is 6.07 Å². The summed E-state index contributed by atoms with van der Waals surface area (Å²) in [4.78, 5) is 11.8. The zero-order chi connectivity index (χ0) is 13.9. The fraction of sp³-hybridized carbons (Fsp3) is 0.0625. The second-order valence-electron chi connectivity index (χ2n) is 4.53. The van der Waals surface area contributed by atoms with E-state index in [-0.39, 0.29) is 0 Å². The number of rotatable bonds is 2. The highest BCUT2D eigenvalue weighted by Crippen LogP contribution is 2.19. The molecule has 0 fully saturated rings. The average Bonchev–Trinajstić information content (AvgIpc) is 2.88. The third-order valence-electron chi connectivity index (χ3n) is 2.99. The number of nitrogens with one attached hydrogen (secondary N) is 1. The number of nitriles is 1.